The molecule has 0 saturated carbocycles. The largest absolute Gasteiger partial charge is 0.474 e. The van der Waals surface area contributed by atoms with Crippen molar-refractivity contribution in [1.82, 2.24) is 10.2 Å². The van der Waals surface area contributed by atoms with Gasteiger partial charge in [0.1, 0.15) is 6.04 Å². The van der Waals surface area contributed by atoms with Gasteiger partial charge in [0.25, 0.3) is 5.91 Å². The lowest BCUT2D eigenvalue weighted by Crippen LogP contribution is -2.60. The Bertz CT molecular complexity index is 737. The molecule has 10 heteroatoms. The van der Waals surface area contributed by atoms with Gasteiger partial charge in [-0.3, -0.25) is 24.5 Å². The number of carbonyl (C=O) groups excluding carboxylic acids is 3. The molecule has 1 aromatic carbocycles. The third kappa shape index (κ3) is 4.93. The SMILES string of the molecule is CCOC(=O)C[C@H]1C(=O)NCCN1C(=O)[C@H](C)Oc1ccccc1[N+](=O)[O-]. The number of hydrogen-bond donors (Lipinski definition) is 1. The van der Waals surface area contributed by atoms with E-state index in [1.54, 1.807) is 13.0 Å². The van der Waals surface area contributed by atoms with E-state index in [1.165, 1.54) is 30.0 Å². The minimum Gasteiger partial charge on any atom is -0.474 e. The summed E-state index contributed by atoms with van der Waals surface area (Å²) in [5.74, 6) is -1.64. The number of hydrogen-bond acceptors (Lipinski definition) is 7. The first-order chi connectivity index (χ1) is 12.8. The number of nitro benzene ring substituents is 1. The first-order valence-electron chi connectivity index (χ1n) is 8.49. The zero-order valence-electron chi connectivity index (χ0n) is 15.0. The van der Waals surface area contributed by atoms with E-state index in [1.807, 2.05) is 0 Å². The quantitative estimate of drug-likeness (QED) is 0.418. The van der Waals surface area contributed by atoms with Gasteiger partial charge in [-0.2, -0.15) is 0 Å². The second kappa shape index (κ2) is 8.97. The summed E-state index contributed by atoms with van der Waals surface area (Å²) in [6.45, 7) is 3.68. The standard InChI is InChI=1S/C17H21N3O7/c1-3-26-15(21)10-13-16(22)18-8-9-19(13)17(23)11(2)27-14-7-5-4-6-12(14)20(24)25/h4-7,11,13H,3,8-10H2,1-2H3,(H,18,22)/t11-,13-/m0/s1. The molecule has 2 atom stereocenters. The molecule has 1 fully saturated rings. The van der Waals surface area contributed by atoms with Gasteiger partial charge in [0.05, 0.1) is 18.0 Å². The number of piperazine rings is 1. The van der Waals surface area contributed by atoms with Crippen LogP contribution in [-0.4, -0.2) is 59.4 Å². The summed E-state index contributed by atoms with van der Waals surface area (Å²) >= 11 is 0. The molecule has 10 nitrogen and oxygen atoms in total. The average Bonchev–Trinajstić information content (AvgIpc) is 2.63. The van der Waals surface area contributed by atoms with E-state index in [0.29, 0.717) is 0 Å². The molecular weight excluding hydrogens is 358 g/mol. The van der Waals surface area contributed by atoms with Gasteiger partial charge in [-0.15, -0.1) is 0 Å². The maximum Gasteiger partial charge on any atom is 0.310 e. The molecule has 0 aliphatic carbocycles. The van der Waals surface area contributed by atoms with Crippen molar-refractivity contribution < 1.29 is 28.8 Å². The summed E-state index contributed by atoms with van der Waals surface area (Å²) in [6.07, 6.45) is -1.36. The topological polar surface area (TPSA) is 128 Å². The van der Waals surface area contributed by atoms with E-state index in [-0.39, 0.29) is 37.6 Å². The van der Waals surface area contributed by atoms with Gasteiger partial charge in [-0.05, 0) is 19.9 Å². The molecule has 1 aliphatic rings. The van der Waals surface area contributed by atoms with E-state index >= 15 is 0 Å². The van der Waals surface area contributed by atoms with Crippen molar-refractivity contribution in [3.8, 4) is 5.75 Å². The Labute approximate surface area is 155 Å². The molecular formula is C17H21N3O7. The summed E-state index contributed by atoms with van der Waals surface area (Å²) in [7, 11) is 0. The zero-order chi connectivity index (χ0) is 20.0. The summed E-state index contributed by atoms with van der Waals surface area (Å²) in [5.41, 5.74) is -0.267. The van der Waals surface area contributed by atoms with Crippen LogP contribution in [0.1, 0.15) is 20.3 Å². The molecule has 0 aromatic heterocycles. The van der Waals surface area contributed by atoms with Gasteiger partial charge >= 0.3 is 11.7 Å². The van der Waals surface area contributed by atoms with Crippen molar-refractivity contribution in [2.75, 3.05) is 19.7 Å². The fourth-order valence-electron chi connectivity index (χ4n) is 2.74. The van der Waals surface area contributed by atoms with E-state index < -0.39 is 34.9 Å². The third-order valence-electron chi connectivity index (χ3n) is 3.99. The number of nitrogens with one attached hydrogen (secondary N) is 1. The minimum absolute atomic E-state index is 0.0493. The Morgan fingerprint density at radius 2 is 2.11 bits per heavy atom. The number of nitro groups is 1. The summed E-state index contributed by atoms with van der Waals surface area (Å²) in [6, 6.07) is 4.69. The molecule has 1 heterocycles. The molecule has 1 N–H and O–H groups in total. The van der Waals surface area contributed by atoms with Gasteiger partial charge < -0.3 is 19.7 Å². The van der Waals surface area contributed by atoms with Crippen molar-refractivity contribution in [1.29, 1.82) is 0 Å². The lowest BCUT2D eigenvalue weighted by Gasteiger charge is -2.35. The van der Waals surface area contributed by atoms with Crippen molar-refractivity contribution in [3.63, 3.8) is 0 Å². The highest BCUT2D eigenvalue weighted by atomic mass is 16.6. The van der Waals surface area contributed by atoms with Gasteiger partial charge in [-0.1, -0.05) is 12.1 Å². The second-order valence-corrected chi connectivity index (χ2v) is 5.83. The van der Waals surface area contributed by atoms with Crippen LogP contribution in [0.4, 0.5) is 5.69 Å². The highest BCUT2D eigenvalue weighted by Crippen LogP contribution is 2.27. The lowest BCUT2D eigenvalue weighted by molar-refractivity contribution is -0.386. The summed E-state index contributed by atoms with van der Waals surface area (Å²) in [4.78, 5) is 48.4. The van der Waals surface area contributed by atoms with Crippen LogP contribution in [0.2, 0.25) is 0 Å². The van der Waals surface area contributed by atoms with Crippen LogP contribution in [0, 0.1) is 10.1 Å². The Balaban J connectivity index is 2.14. The molecule has 0 spiro atoms. The predicted octanol–water partition coefficient (Wildman–Crippen LogP) is 0.642. The summed E-state index contributed by atoms with van der Waals surface area (Å²) in [5, 5.41) is 13.7. The minimum atomic E-state index is -1.08. The van der Waals surface area contributed by atoms with Crippen LogP contribution >= 0.6 is 0 Å². The number of ether oxygens (including phenoxy) is 2. The van der Waals surface area contributed by atoms with E-state index in [4.69, 9.17) is 9.47 Å². The molecule has 146 valence electrons. The average molecular weight is 379 g/mol. The molecule has 2 rings (SSSR count). The zero-order valence-corrected chi connectivity index (χ0v) is 15.0. The molecule has 2 amide bonds. The Hall–Kier alpha value is -3.17. The van der Waals surface area contributed by atoms with Gasteiger partial charge in [0, 0.05) is 19.2 Å². The maximum absolute atomic E-state index is 12.8. The number of amides is 2. The number of nitrogens with zero attached hydrogens (tertiary/aromatic N) is 2. The molecule has 0 unspecified atom stereocenters. The first-order valence-corrected chi connectivity index (χ1v) is 8.49. The van der Waals surface area contributed by atoms with E-state index in [0.717, 1.165) is 0 Å². The Morgan fingerprint density at radius 3 is 2.78 bits per heavy atom. The number of rotatable bonds is 7. The monoisotopic (exact) mass is 379 g/mol. The van der Waals surface area contributed by atoms with Crippen LogP contribution in [0.25, 0.3) is 0 Å². The second-order valence-electron chi connectivity index (χ2n) is 5.83. The molecule has 0 bridgehead atoms. The highest BCUT2D eigenvalue weighted by Gasteiger charge is 2.37. The number of carbonyl (C=O) groups is 3. The van der Waals surface area contributed by atoms with E-state index in [2.05, 4.69) is 5.32 Å². The predicted molar refractivity (Wildman–Crippen MR) is 92.9 cm³/mol. The van der Waals surface area contributed by atoms with Gasteiger partial charge in [-0.25, -0.2) is 0 Å². The number of para-hydroxylation sites is 2. The molecule has 1 aromatic rings. The fraction of sp³-hybridized carbons (Fsp3) is 0.471. The van der Waals surface area contributed by atoms with Crippen molar-refractivity contribution >= 4 is 23.5 Å². The smallest absolute Gasteiger partial charge is 0.310 e. The normalized spacial score (nSPS) is 17.6. The highest BCUT2D eigenvalue weighted by molar-refractivity contribution is 5.93. The Morgan fingerprint density at radius 1 is 1.41 bits per heavy atom. The van der Waals surface area contributed by atoms with Gasteiger partial charge in [0.15, 0.2) is 11.9 Å². The van der Waals surface area contributed by atoms with Crippen LogP contribution < -0.4 is 10.1 Å². The van der Waals surface area contributed by atoms with Crippen LogP contribution in [0.15, 0.2) is 24.3 Å². The molecule has 27 heavy (non-hydrogen) atoms. The summed E-state index contributed by atoms with van der Waals surface area (Å²) < 4.78 is 10.3. The van der Waals surface area contributed by atoms with Crippen molar-refractivity contribution in [3.05, 3.63) is 34.4 Å². The molecule has 0 radical (unpaired) electrons. The van der Waals surface area contributed by atoms with Crippen LogP contribution in [-0.2, 0) is 19.1 Å². The van der Waals surface area contributed by atoms with E-state index in [9.17, 15) is 24.5 Å². The van der Waals surface area contributed by atoms with Crippen molar-refractivity contribution in [2.24, 2.45) is 0 Å². The molecule has 1 aliphatic heterocycles. The fourth-order valence-corrected chi connectivity index (χ4v) is 2.74. The molecule has 1 saturated heterocycles. The number of benzene rings is 1. The van der Waals surface area contributed by atoms with Gasteiger partial charge in [0.2, 0.25) is 5.91 Å². The lowest BCUT2D eigenvalue weighted by atomic mass is 10.1. The van der Waals surface area contributed by atoms with Crippen molar-refractivity contribution in [2.45, 2.75) is 32.4 Å². The Kier molecular flexibility index (Phi) is 6.69. The third-order valence-corrected chi connectivity index (χ3v) is 3.99. The number of esters is 1. The maximum atomic E-state index is 12.8. The van der Waals surface area contributed by atoms with Crippen LogP contribution in [0.3, 0.4) is 0 Å². The first kappa shape index (κ1) is 20.1. The van der Waals surface area contributed by atoms with Crippen LogP contribution in [0.5, 0.6) is 5.75 Å².